The van der Waals surface area contributed by atoms with Crippen molar-refractivity contribution < 1.29 is 10.2 Å². The molecule has 16 heavy (non-hydrogen) atoms. The summed E-state index contributed by atoms with van der Waals surface area (Å²) in [4.78, 5) is 0. The third kappa shape index (κ3) is 3.83. The minimum absolute atomic E-state index is 0.254. The zero-order chi connectivity index (χ0) is 12.1. The lowest BCUT2D eigenvalue weighted by Gasteiger charge is -2.09. The van der Waals surface area contributed by atoms with E-state index in [1.54, 1.807) is 6.92 Å². The fraction of sp³-hybridized carbons (Fsp3) is 0.538. The number of aliphatic hydroxyl groups is 1. The fourth-order valence-corrected chi connectivity index (χ4v) is 1.69. The number of aromatic hydroxyl groups is 1. The summed E-state index contributed by atoms with van der Waals surface area (Å²) in [6.45, 7) is 7.17. The van der Waals surface area contributed by atoms with Gasteiger partial charge < -0.3 is 15.5 Å². The average Bonchev–Trinajstić information content (AvgIpc) is 2.20. The van der Waals surface area contributed by atoms with E-state index >= 15 is 0 Å². The topological polar surface area (TPSA) is 52.5 Å². The van der Waals surface area contributed by atoms with Gasteiger partial charge in [-0.3, -0.25) is 0 Å². The molecule has 1 rings (SSSR count). The first kappa shape index (κ1) is 13.0. The maximum Gasteiger partial charge on any atom is 0.121 e. The standard InChI is InChI=1S/C13H21NO2/c1-9-6-12(7-10(2)13(9)16)8-14-5-4-11(3)15/h6-7,11,14-16H,4-5,8H2,1-3H3. The van der Waals surface area contributed by atoms with Crippen LogP contribution in [0.2, 0.25) is 0 Å². The van der Waals surface area contributed by atoms with E-state index in [0.29, 0.717) is 5.75 Å². The molecule has 90 valence electrons. The van der Waals surface area contributed by atoms with E-state index in [4.69, 9.17) is 5.11 Å². The first-order valence-electron chi connectivity index (χ1n) is 5.68. The van der Waals surface area contributed by atoms with Gasteiger partial charge in [0.05, 0.1) is 6.10 Å². The zero-order valence-corrected chi connectivity index (χ0v) is 10.2. The van der Waals surface area contributed by atoms with E-state index < -0.39 is 0 Å². The van der Waals surface area contributed by atoms with Gasteiger partial charge in [-0.05, 0) is 50.4 Å². The van der Waals surface area contributed by atoms with Crippen LogP contribution in [0.5, 0.6) is 5.75 Å². The number of aryl methyl sites for hydroxylation is 2. The van der Waals surface area contributed by atoms with Crippen molar-refractivity contribution in [1.82, 2.24) is 5.32 Å². The van der Waals surface area contributed by atoms with Crippen LogP contribution >= 0.6 is 0 Å². The van der Waals surface area contributed by atoms with Crippen LogP contribution in [0.1, 0.15) is 30.0 Å². The minimum atomic E-state index is -0.254. The molecule has 1 unspecified atom stereocenters. The van der Waals surface area contributed by atoms with E-state index in [1.807, 2.05) is 26.0 Å². The van der Waals surface area contributed by atoms with Crippen LogP contribution in [0.4, 0.5) is 0 Å². The Bertz CT molecular complexity index is 325. The van der Waals surface area contributed by atoms with Gasteiger partial charge in [0.25, 0.3) is 0 Å². The molecule has 0 aliphatic rings. The van der Waals surface area contributed by atoms with Gasteiger partial charge in [0.1, 0.15) is 5.75 Å². The van der Waals surface area contributed by atoms with Crippen LogP contribution in [-0.2, 0) is 6.54 Å². The maximum atomic E-state index is 9.62. The summed E-state index contributed by atoms with van der Waals surface area (Å²) >= 11 is 0. The highest BCUT2D eigenvalue weighted by atomic mass is 16.3. The van der Waals surface area contributed by atoms with Crippen molar-refractivity contribution in [2.45, 2.75) is 39.8 Å². The first-order chi connectivity index (χ1) is 7.50. The van der Waals surface area contributed by atoms with Crippen molar-refractivity contribution in [2.24, 2.45) is 0 Å². The SMILES string of the molecule is Cc1cc(CNCCC(C)O)cc(C)c1O. The number of benzene rings is 1. The molecule has 0 amide bonds. The van der Waals surface area contributed by atoms with Gasteiger partial charge in [0, 0.05) is 6.54 Å². The Morgan fingerprint density at radius 2 is 1.81 bits per heavy atom. The molecule has 3 nitrogen and oxygen atoms in total. The number of phenols is 1. The number of hydrogen-bond acceptors (Lipinski definition) is 3. The molecule has 0 spiro atoms. The van der Waals surface area contributed by atoms with Crippen molar-refractivity contribution in [2.75, 3.05) is 6.54 Å². The molecule has 0 aliphatic heterocycles. The van der Waals surface area contributed by atoms with Gasteiger partial charge in [-0.25, -0.2) is 0 Å². The second kappa shape index (κ2) is 5.87. The molecule has 0 saturated heterocycles. The van der Waals surface area contributed by atoms with Crippen LogP contribution in [0.25, 0.3) is 0 Å². The second-order valence-electron chi connectivity index (χ2n) is 4.39. The molecule has 0 aliphatic carbocycles. The fourth-order valence-electron chi connectivity index (χ4n) is 1.69. The molecule has 1 aromatic carbocycles. The molecule has 0 radical (unpaired) electrons. The van der Waals surface area contributed by atoms with Gasteiger partial charge >= 0.3 is 0 Å². The number of aliphatic hydroxyl groups excluding tert-OH is 1. The van der Waals surface area contributed by atoms with Crippen LogP contribution in [0.3, 0.4) is 0 Å². The molecule has 0 aromatic heterocycles. The summed E-state index contributed by atoms with van der Waals surface area (Å²) in [5, 5.41) is 22.0. The van der Waals surface area contributed by atoms with Crippen LogP contribution < -0.4 is 5.32 Å². The monoisotopic (exact) mass is 223 g/mol. The Hall–Kier alpha value is -1.06. The van der Waals surface area contributed by atoms with E-state index in [9.17, 15) is 5.11 Å². The first-order valence-corrected chi connectivity index (χ1v) is 5.68. The average molecular weight is 223 g/mol. The lowest BCUT2D eigenvalue weighted by Crippen LogP contribution is -2.18. The highest BCUT2D eigenvalue weighted by Crippen LogP contribution is 2.22. The Balaban J connectivity index is 2.49. The minimum Gasteiger partial charge on any atom is -0.507 e. The molecule has 1 aromatic rings. The van der Waals surface area contributed by atoms with Gasteiger partial charge in [-0.15, -0.1) is 0 Å². The molecule has 0 heterocycles. The van der Waals surface area contributed by atoms with Crippen molar-refractivity contribution in [3.8, 4) is 5.75 Å². The van der Waals surface area contributed by atoms with E-state index in [1.165, 1.54) is 5.56 Å². The van der Waals surface area contributed by atoms with Crippen molar-refractivity contribution >= 4 is 0 Å². The summed E-state index contributed by atoms with van der Waals surface area (Å²) in [6, 6.07) is 3.97. The Morgan fingerprint density at radius 3 is 2.31 bits per heavy atom. The smallest absolute Gasteiger partial charge is 0.121 e. The van der Waals surface area contributed by atoms with Crippen LogP contribution in [0, 0.1) is 13.8 Å². The van der Waals surface area contributed by atoms with E-state index in [-0.39, 0.29) is 6.10 Å². The molecule has 0 saturated carbocycles. The van der Waals surface area contributed by atoms with E-state index in [2.05, 4.69) is 5.32 Å². The van der Waals surface area contributed by atoms with Crippen molar-refractivity contribution in [3.05, 3.63) is 28.8 Å². The Morgan fingerprint density at radius 1 is 1.25 bits per heavy atom. The van der Waals surface area contributed by atoms with Gasteiger partial charge in [-0.2, -0.15) is 0 Å². The largest absolute Gasteiger partial charge is 0.507 e. The van der Waals surface area contributed by atoms with Gasteiger partial charge in [0.2, 0.25) is 0 Å². The summed E-state index contributed by atoms with van der Waals surface area (Å²) in [5.41, 5.74) is 2.98. The highest BCUT2D eigenvalue weighted by Gasteiger charge is 2.03. The van der Waals surface area contributed by atoms with Crippen LogP contribution in [0.15, 0.2) is 12.1 Å². The summed E-state index contributed by atoms with van der Waals surface area (Å²) in [6.07, 6.45) is 0.506. The summed E-state index contributed by atoms with van der Waals surface area (Å²) in [7, 11) is 0. The van der Waals surface area contributed by atoms with Gasteiger partial charge in [0.15, 0.2) is 0 Å². The third-order valence-electron chi connectivity index (χ3n) is 2.62. The Labute approximate surface area is 97.1 Å². The quantitative estimate of drug-likeness (QED) is 0.668. The number of phenolic OH excluding ortho intramolecular Hbond substituents is 1. The second-order valence-corrected chi connectivity index (χ2v) is 4.39. The maximum absolute atomic E-state index is 9.62. The summed E-state index contributed by atoms with van der Waals surface area (Å²) < 4.78 is 0. The van der Waals surface area contributed by atoms with Crippen molar-refractivity contribution in [1.29, 1.82) is 0 Å². The molecule has 0 bridgehead atoms. The molecule has 3 heteroatoms. The number of nitrogens with one attached hydrogen (secondary N) is 1. The molecular weight excluding hydrogens is 202 g/mol. The normalized spacial score (nSPS) is 12.8. The highest BCUT2D eigenvalue weighted by molar-refractivity contribution is 5.42. The number of hydrogen-bond donors (Lipinski definition) is 3. The molecule has 0 fully saturated rings. The lowest BCUT2D eigenvalue weighted by atomic mass is 10.1. The summed E-state index contributed by atoms with van der Waals surface area (Å²) in [5.74, 6) is 0.382. The van der Waals surface area contributed by atoms with Gasteiger partial charge in [-0.1, -0.05) is 12.1 Å². The Kier molecular flexibility index (Phi) is 4.77. The van der Waals surface area contributed by atoms with Crippen molar-refractivity contribution in [3.63, 3.8) is 0 Å². The molecule has 1 atom stereocenters. The third-order valence-corrected chi connectivity index (χ3v) is 2.62. The van der Waals surface area contributed by atoms with E-state index in [0.717, 1.165) is 30.6 Å². The predicted molar refractivity (Wildman–Crippen MR) is 65.6 cm³/mol. The molecular formula is C13H21NO2. The van der Waals surface area contributed by atoms with Crippen LogP contribution in [-0.4, -0.2) is 22.9 Å². The lowest BCUT2D eigenvalue weighted by molar-refractivity contribution is 0.183. The molecule has 3 N–H and O–H groups in total. The zero-order valence-electron chi connectivity index (χ0n) is 10.2. The predicted octanol–water partition coefficient (Wildman–Crippen LogP) is 1.87. The number of rotatable bonds is 5.